The minimum Gasteiger partial charge on any atom is -0.459 e. The van der Waals surface area contributed by atoms with E-state index in [9.17, 15) is 4.79 Å². The second kappa shape index (κ2) is 7.56. The second-order valence-corrected chi connectivity index (χ2v) is 8.01. The van der Waals surface area contributed by atoms with Gasteiger partial charge < -0.3 is 9.47 Å². The molecule has 2 fully saturated rings. The number of esters is 1. The van der Waals surface area contributed by atoms with Gasteiger partial charge in [0.2, 0.25) is 0 Å². The quantitative estimate of drug-likeness (QED) is 0.785. The molecule has 3 nitrogen and oxygen atoms in total. The number of hydrogen-bond donors (Lipinski definition) is 0. The first kappa shape index (κ1) is 15.3. The first-order valence-electron chi connectivity index (χ1n) is 7.45. The van der Waals surface area contributed by atoms with E-state index in [2.05, 4.69) is 0 Å². The summed E-state index contributed by atoms with van der Waals surface area (Å²) < 4.78 is 11.4. The molecule has 1 aromatic rings. The van der Waals surface area contributed by atoms with Crippen LogP contribution in [0.5, 0.6) is 0 Å². The van der Waals surface area contributed by atoms with Crippen molar-refractivity contribution < 1.29 is 14.3 Å². The summed E-state index contributed by atoms with van der Waals surface area (Å²) in [6, 6.07) is 7.84. The van der Waals surface area contributed by atoms with E-state index in [1.165, 1.54) is 17.1 Å². The number of carbonyl (C=O) groups is 1. The lowest BCUT2D eigenvalue weighted by Gasteiger charge is -2.22. The van der Waals surface area contributed by atoms with Crippen molar-refractivity contribution in [2.75, 3.05) is 24.7 Å². The Morgan fingerprint density at radius 2 is 1.95 bits per heavy atom. The van der Waals surface area contributed by atoms with Gasteiger partial charge in [-0.15, -0.1) is 23.5 Å². The van der Waals surface area contributed by atoms with Gasteiger partial charge in [0, 0.05) is 18.1 Å². The van der Waals surface area contributed by atoms with Crippen molar-refractivity contribution in [3.05, 3.63) is 35.4 Å². The number of thioether (sulfide) groups is 2. The highest BCUT2D eigenvalue weighted by Gasteiger charge is 2.19. The third-order valence-corrected chi connectivity index (χ3v) is 6.82. The molecule has 1 aromatic carbocycles. The number of rotatable bonds is 4. The van der Waals surface area contributed by atoms with Gasteiger partial charge in [-0.3, -0.25) is 0 Å². The minimum atomic E-state index is -0.248. The van der Waals surface area contributed by atoms with Crippen LogP contribution < -0.4 is 0 Å². The Morgan fingerprint density at radius 1 is 1.19 bits per heavy atom. The van der Waals surface area contributed by atoms with E-state index in [1.54, 1.807) is 0 Å². The van der Waals surface area contributed by atoms with Crippen LogP contribution in [0, 0.1) is 0 Å². The van der Waals surface area contributed by atoms with Gasteiger partial charge in [-0.25, -0.2) is 4.79 Å². The normalized spacial score (nSPS) is 23.1. The molecule has 5 heteroatoms. The van der Waals surface area contributed by atoms with Gasteiger partial charge in [-0.1, -0.05) is 12.1 Å². The van der Waals surface area contributed by atoms with Gasteiger partial charge in [0.15, 0.2) is 0 Å². The van der Waals surface area contributed by atoms with Crippen molar-refractivity contribution in [2.45, 2.75) is 29.9 Å². The molecule has 0 aliphatic carbocycles. The molecule has 2 heterocycles. The van der Waals surface area contributed by atoms with Crippen molar-refractivity contribution >= 4 is 29.5 Å². The van der Waals surface area contributed by atoms with Crippen LogP contribution in [-0.4, -0.2) is 36.8 Å². The molecular weight excluding hydrogens is 304 g/mol. The van der Waals surface area contributed by atoms with Gasteiger partial charge in [-0.2, -0.15) is 0 Å². The van der Waals surface area contributed by atoms with E-state index in [-0.39, 0.29) is 12.1 Å². The SMILES string of the molecule is O=C(OCC1CCCCO1)c1ccc(C2SCCS2)cc1. The van der Waals surface area contributed by atoms with Crippen LogP contribution in [-0.2, 0) is 9.47 Å². The Kier molecular flexibility index (Phi) is 5.49. The molecule has 2 aliphatic heterocycles. The van der Waals surface area contributed by atoms with Crippen LogP contribution in [0.25, 0.3) is 0 Å². The van der Waals surface area contributed by atoms with Gasteiger partial charge in [0.05, 0.1) is 16.2 Å². The zero-order valence-corrected chi connectivity index (χ0v) is 13.6. The zero-order valence-electron chi connectivity index (χ0n) is 12.0. The first-order chi connectivity index (χ1) is 10.3. The average Bonchev–Trinajstić information content (AvgIpc) is 3.08. The molecule has 0 amide bonds. The number of hydrogen-bond acceptors (Lipinski definition) is 5. The lowest BCUT2D eigenvalue weighted by atomic mass is 10.1. The van der Waals surface area contributed by atoms with Gasteiger partial charge in [-0.05, 0) is 37.0 Å². The fourth-order valence-electron chi connectivity index (χ4n) is 2.52. The smallest absolute Gasteiger partial charge is 0.338 e. The van der Waals surface area contributed by atoms with Crippen LogP contribution in [0.15, 0.2) is 24.3 Å². The summed E-state index contributed by atoms with van der Waals surface area (Å²) in [6.45, 7) is 1.16. The van der Waals surface area contributed by atoms with E-state index in [0.29, 0.717) is 16.8 Å². The zero-order chi connectivity index (χ0) is 14.5. The average molecular weight is 324 g/mol. The van der Waals surface area contributed by atoms with Crippen LogP contribution in [0.3, 0.4) is 0 Å². The summed E-state index contributed by atoms with van der Waals surface area (Å²) in [5.74, 6) is 2.17. The molecule has 0 bridgehead atoms. The molecule has 1 atom stereocenters. The Morgan fingerprint density at radius 3 is 2.62 bits per heavy atom. The van der Waals surface area contributed by atoms with E-state index in [0.717, 1.165) is 25.9 Å². The second-order valence-electron chi connectivity index (χ2n) is 5.28. The fourth-order valence-corrected chi connectivity index (χ4v) is 5.38. The van der Waals surface area contributed by atoms with Crippen molar-refractivity contribution in [3.63, 3.8) is 0 Å². The molecule has 0 aromatic heterocycles. The molecule has 21 heavy (non-hydrogen) atoms. The maximum Gasteiger partial charge on any atom is 0.338 e. The third-order valence-electron chi connectivity index (χ3n) is 3.71. The van der Waals surface area contributed by atoms with Crippen molar-refractivity contribution in [2.24, 2.45) is 0 Å². The lowest BCUT2D eigenvalue weighted by Crippen LogP contribution is -2.25. The molecule has 0 radical (unpaired) electrons. The van der Waals surface area contributed by atoms with Gasteiger partial charge in [0.25, 0.3) is 0 Å². The maximum absolute atomic E-state index is 12.0. The highest BCUT2D eigenvalue weighted by Crippen LogP contribution is 2.45. The molecule has 2 saturated heterocycles. The first-order valence-corrected chi connectivity index (χ1v) is 9.54. The fraction of sp³-hybridized carbons (Fsp3) is 0.562. The highest BCUT2D eigenvalue weighted by molar-refractivity contribution is 8.19. The Hall–Kier alpha value is -0.650. The summed E-state index contributed by atoms with van der Waals surface area (Å²) in [6.07, 6.45) is 3.34. The molecule has 0 spiro atoms. The van der Waals surface area contributed by atoms with Crippen LogP contribution in [0.1, 0.15) is 39.8 Å². The summed E-state index contributed by atoms with van der Waals surface area (Å²) in [4.78, 5) is 12.0. The van der Waals surface area contributed by atoms with E-state index < -0.39 is 0 Å². The number of benzene rings is 1. The summed E-state index contributed by atoms with van der Waals surface area (Å²) in [7, 11) is 0. The number of ether oxygens (including phenoxy) is 2. The van der Waals surface area contributed by atoms with E-state index in [4.69, 9.17) is 9.47 Å². The monoisotopic (exact) mass is 324 g/mol. The third kappa shape index (κ3) is 4.18. The molecule has 0 N–H and O–H groups in total. The molecule has 1 unspecified atom stereocenters. The molecule has 3 rings (SSSR count). The van der Waals surface area contributed by atoms with Gasteiger partial charge in [0.1, 0.15) is 6.61 Å². The van der Waals surface area contributed by atoms with Crippen molar-refractivity contribution in [3.8, 4) is 0 Å². The predicted octanol–water partition coefficient (Wildman–Crippen LogP) is 3.89. The highest BCUT2D eigenvalue weighted by atomic mass is 32.2. The Labute approximate surface area is 134 Å². The minimum absolute atomic E-state index is 0.0771. The van der Waals surface area contributed by atoms with Crippen LogP contribution in [0.2, 0.25) is 0 Å². The largest absolute Gasteiger partial charge is 0.459 e. The predicted molar refractivity (Wildman–Crippen MR) is 88.0 cm³/mol. The summed E-state index contributed by atoms with van der Waals surface area (Å²) >= 11 is 3.94. The summed E-state index contributed by atoms with van der Waals surface area (Å²) in [5, 5.41) is 0. The number of carbonyl (C=O) groups excluding carboxylic acids is 1. The van der Waals surface area contributed by atoms with Crippen molar-refractivity contribution in [1.29, 1.82) is 0 Å². The maximum atomic E-state index is 12.0. The molecular formula is C16H20O3S2. The molecule has 0 saturated carbocycles. The summed E-state index contributed by atoms with van der Waals surface area (Å²) in [5.41, 5.74) is 1.91. The van der Waals surface area contributed by atoms with E-state index in [1.807, 2.05) is 47.8 Å². The lowest BCUT2D eigenvalue weighted by molar-refractivity contribution is -0.0300. The van der Waals surface area contributed by atoms with Crippen molar-refractivity contribution in [1.82, 2.24) is 0 Å². The van der Waals surface area contributed by atoms with E-state index >= 15 is 0 Å². The van der Waals surface area contributed by atoms with Gasteiger partial charge >= 0.3 is 5.97 Å². The van der Waals surface area contributed by atoms with Crippen LogP contribution in [0.4, 0.5) is 0 Å². The molecule has 114 valence electrons. The standard InChI is InChI=1S/C16H20O3S2/c17-15(19-11-14-3-1-2-8-18-14)12-4-6-13(7-5-12)16-20-9-10-21-16/h4-7,14,16H,1-3,8-11H2. The van der Waals surface area contributed by atoms with Crippen LogP contribution >= 0.6 is 23.5 Å². The molecule has 2 aliphatic rings. The Balaban J connectivity index is 1.52. The topological polar surface area (TPSA) is 35.5 Å². The Bertz CT molecular complexity index is 463.